The van der Waals surface area contributed by atoms with E-state index in [9.17, 15) is 9.59 Å². The maximum absolute atomic E-state index is 10.7. The summed E-state index contributed by atoms with van der Waals surface area (Å²) < 4.78 is 0. The molecule has 0 bridgehead atoms. The largest absolute Gasteiger partial charge is 0.283 e. The van der Waals surface area contributed by atoms with E-state index in [2.05, 4.69) is 13.2 Å². The smallest absolute Gasteiger partial charge is 0.229 e. The number of carbonyl (C=O) groups is 2. The first-order chi connectivity index (χ1) is 5.25. The van der Waals surface area contributed by atoms with Gasteiger partial charge in [0.2, 0.25) is 11.8 Å². The van der Waals surface area contributed by atoms with Crippen LogP contribution in [0, 0.1) is 0 Å². The van der Waals surface area contributed by atoms with Gasteiger partial charge in [-0.1, -0.05) is 0 Å². The van der Waals surface area contributed by atoms with E-state index in [-0.39, 0.29) is 11.8 Å². The normalized spacial score (nSPS) is 16.3. The van der Waals surface area contributed by atoms with Crippen molar-refractivity contribution in [3.8, 4) is 0 Å². The van der Waals surface area contributed by atoms with Crippen molar-refractivity contribution in [2.75, 3.05) is 6.54 Å². The molecule has 3 nitrogen and oxygen atoms in total. The standard InChI is InChI=1S/C6H9NO2.C2H4/c1-2-7-5(8)3-4-6(7)9;1-2/h2-4H2,1H3;1-2H2. The SMILES string of the molecule is C=C.CCN1C(=O)CCC1=O. The third-order valence-electron chi connectivity index (χ3n) is 1.47. The highest BCUT2D eigenvalue weighted by atomic mass is 16.2. The second kappa shape index (κ2) is 4.66. The molecule has 1 rings (SSSR count). The Balaban J connectivity index is 0.000000461. The predicted molar refractivity (Wildman–Crippen MR) is 42.9 cm³/mol. The van der Waals surface area contributed by atoms with Gasteiger partial charge in [0.25, 0.3) is 0 Å². The van der Waals surface area contributed by atoms with Gasteiger partial charge in [0.1, 0.15) is 0 Å². The van der Waals surface area contributed by atoms with Gasteiger partial charge < -0.3 is 0 Å². The molecule has 1 heterocycles. The lowest BCUT2D eigenvalue weighted by Crippen LogP contribution is -2.28. The van der Waals surface area contributed by atoms with Crippen LogP contribution < -0.4 is 0 Å². The molecule has 0 atom stereocenters. The predicted octanol–water partition coefficient (Wildman–Crippen LogP) is 0.958. The van der Waals surface area contributed by atoms with Crippen molar-refractivity contribution in [2.45, 2.75) is 19.8 Å². The zero-order valence-electron chi connectivity index (χ0n) is 6.80. The number of amides is 2. The van der Waals surface area contributed by atoms with Crippen LogP contribution >= 0.6 is 0 Å². The lowest BCUT2D eigenvalue weighted by molar-refractivity contribution is -0.138. The number of carbonyl (C=O) groups excluding carboxylic acids is 2. The van der Waals surface area contributed by atoms with Crippen LogP contribution in [0.4, 0.5) is 0 Å². The summed E-state index contributed by atoms with van der Waals surface area (Å²) in [5.74, 6) is -0.0509. The molecular weight excluding hydrogens is 142 g/mol. The van der Waals surface area contributed by atoms with Gasteiger partial charge in [-0.3, -0.25) is 14.5 Å². The summed E-state index contributed by atoms with van der Waals surface area (Å²) in [6.07, 6.45) is 0.819. The summed E-state index contributed by atoms with van der Waals surface area (Å²) in [6, 6.07) is 0. The highest BCUT2D eigenvalue weighted by molar-refractivity contribution is 6.01. The summed E-state index contributed by atoms with van der Waals surface area (Å²) >= 11 is 0. The second-order valence-electron chi connectivity index (χ2n) is 2.03. The summed E-state index contributed by atoms with van der Waals surface area (Å²) in [5.41, 5.74) is 0. The minimum absolute atomic E-state index is 0.0255. The molecule has 0 aromatic carbocycles. The Hall–Kier alpha value is -1.12. The van der Waals surface area contributed by atoms with Crippen LogP contribution in [0.25, 0.3) is 0 Å². The van der Waals surface area contributed by atoms with Gasteiger partial charge in [-0.05, 0) is 6.92 Å². The molecule has 0 aliphatic carbocycles. The fourth-order valence-corrected chi connectivity index (χ4v) is 0.976. The number of hydrogen-bond acceptors (Lipinski definition) is 2. The van der Waals surface area contributed by atoms with Crippen LogP contribution in [-0.4, -0.2) is 23.3 Å². The van der Waals surface area contributed by atoms with Crippen LogP contribution in [0.5, 0.6) is 0 Å². The summed E-state index contributed by atoms with van der Waals surface area (Å²) in [5, 5.41) is 0. The molecule has 0 N–H and O–H groups in total. The van der Waals surface area contributed by atoms with Gasteiger partial charge in [-0.25, -0.2) is 0 Å². The molecule has 11 heavy (non-hydrogen) atoms. The molecule has 62 valence electrons. The maximum Gasteiger partial charge on any atom is 0.229 e. The van der Waals surface area contributed by atoms with Crippen molar-refractivity contribution in [1.82, 2.24) is 4.90 Å². The second-order valence-corrected chi connectivity index (χ2v) is 2.03. The van der Waals surface area contributed by atoms with Gasteiger partial charge in [-0.15, -0.1) is 13.2 Å². The third kappa shape index (κ3) is 2.18. The van der Waals surface area contributed by atoms with Crippen LogP contribution in [0.2, 0.25) is 0 Å². The molecule has 3 heteroatoms. The molecule has 1 aliphatic rings. The van der Waals surface area contributed by atoms with Gasteiger partial charge in [-0.2, -0.15) is 0 Å². The molecule has 2 amide bonds. The number of nitrogens with zero attached hydrogens (tertiary/aromatic N) is 1. The highest BCUT2D eigenvalue weighted by Gasteiger charge is 2.26. The Morgan fingerprint density at radius 3 is 1.82 bits per heavy atom. The quantitative estimate of drug-likeness (QED) is 0.417. The van der Waals surface area contributed by atoms with E-state index >= 15 is 0 Å². The first-order valence-electron chi connectivity index (χ1n) is 3.59. The zero-order valence-corrected chi connectivity index (χ0v) is 6.80. The van der Waals surface area contributed by atoms with Crippen molar-refractivity contribution in [3.05, 3.63) is 13.2 Å². The van der Waals surface area contributed by atoms with Crippen LogP contribution in [0.1, 0.15) is 19.8 Å². The third-order valence-corrected chi connectivity index (χ3v) is 1.47. The first kappa shape index (κ1) is 9.88. The van der Waals surface area contributed by atoms with E-state index in [4.69, 9.17) is 0 Å². The Kier molecular flexibility index (Phi) is 4.18. The molecule has 0 unspecified atom stereocenters. The minimum atomic E-state index is -0.0255. The van der Waals surface area contributed by atoms with Gasteiger partial charge in [0.15, 0.2) is 0 Å². The number of likely N-dealkylation sites (tertiary alicyclic amines) is 1. The van der Waals surface area contributed by atoms with E-state index < -0.39 is 0 Å². The molecule has 1 saturated heterocycles. The molecule has 0 aromatic rings. The van der Waals surface area contributed by atoms with Crippen LogP contribution in [-0.2, 0) is 9.59 Å². The van der Waals surface area contributed by atoms with Gasteiger partial charge in [0.05, 0.1) is 0 Å². The Bertz CT molecular complexity index is 149. The number of rotatable bonds is 1. The lowest BCUT2D eigenvalue weighted by Gasteiger charge is -2.08. The van der Waals surface area contributed by atoms with E-state index in [1.807, 2.05) is 0 Å². The average Bonchev–Trinajstić information content (AvgIpc) is 2.35. The van der Waals surface area contributed by atoms with E-state index in [1.165, 1.54) is 4.90 Å². The zero-order chi connectivity index (χ0) is 8.85. The monoisotopic (exact) mass is 155 g/mol. The minimum Gasteiger partial charge on any atom is -0.283 e. The summed E-state index contributed by atoms with van der Waals surface area (Å²) in [7, 11) is 0. The van der Waals surface area contributed by atoms with Gasteiger partial charge in [0, 0.05) is 19.4 Å². The van der Waals surface area contributed by atoms with Crippen molar-refractivity contribution in [2.24, 2.45) is 0 Å². The molecule has 1 aliphatic heterocycles. The Morgan fingerprint density at radius 1 is 1.27 bits per heavy atom. The first-order valence-corrected chi connectivity index (χ1v) is 3.59. The molecule has 0 radical (unpaired) electrons. The summed E-state index contributed by atoms with van der Waals surface area (Å²) in [4.78, 5) is 22.7. The summed E-state index contributed by atoms with van der Waals surface area (Å²) in [6.45, 7) is 8.33. The molecule has 0 aromatic heterocycles. The number of imide groups is 1. The van der Waals surface area contributed by atoms with E-state index in [0.29, 0.717) is 19.4 Å². The van der Waals surface area contributed by atoms with Crippen molar-refractivity contribution >= 4 is 11.8 Å². The fourth-order valence-electron chi connectivity index (χ4n) is 0.976. The van der Waals surface area contributed by atoms with Crippen LogP contribution in [0.3, 0.4) is 0 Å². The number of hydrogen-bond donors (Lipinski definition) is 0. The van der Waals surface area contributed by atoms with E-state index in [1.54, 1.807) is 6.92 Å². The molecule has 0 spiro atoms. The van der Waals surface area contributed by atoms with Crippen molar-refractivity contribution < 1.29 is 9.59 Å². The lowest BCUT2D eigenvalue weighted by atomic mass is 10.4. The molecule has 1 fully saturated rings. The Labute approximate surface area is 66.7 Å². The maximum atomic E-state index is 10.7. The average molecular weight is 155 g/mol. The van der Waals surface area contributed by atoms with Crippen LogP contribution in [0.15, 0.2) is 13.2 Å². The van der Waals surface area contributed by atoms with Crippen molar-refractivity contribution in [3.63, 3.8) is 0 Å². The van der Waals surface area contributed by atoms with Gasteiger partial charge >= 0.3 is 0 Å². The molecule has 0 saturated carbocycles. The Morgan fingerprint density at radius 2 is 1.64 bits per heavy atom. The fraction of sp³-hybridized carbons (Fsp3) is 0.500. The molecular formula is C8H13NO2. The highest BCUT2D eigenvalue weighted by Crippen LogP contribution is 2.09. The van der Waals surface area contributed by atoms with Crippen molar-refractivity contribution in [1.29, 1.82) is 0 Å². The topological polar surface area (TPSA) is 37.4 Å². The van der Waals surface area contributed by atoms with E-state index in [0.717, 1.165) is 0 Å².